The highest BCUT2D eigenvalue weighted by Crippen LogP contribution is 2.03. The zero-order chi connectivity index (χ0) is 15.3. The summed E-state index contributed by atoms with van der Waals surface area (Å²) in [6.07, 6.45) is 0. The van der Waals surface area contributed by atoms with Crippen LogP contribution in [0.4, 0.5) is 4.39 Å². The van der Waals surface area contributed by atoms with Gasteiger partial charge in [0, 0.05) is 20.2 Å². The third kappa shape index (κ3) is 8.27. The second kappa shape index (κ2) is 11.0. The molecule has 0 aliphatic heterocycles. The number of guanidine groups is 1. The fraction of sp³-hybridized carbons (Fsp3) is 0.533. The van der Waals surface area contributed by atoms with E-state index in [1.54, 1.807) is 19.2 Å². The Hall–Kier alpha value is -1.66. The summed E-state index contributed by atoms with van der Waals surface area (Å²) in [7, 11) is 1.65. The van der Waals surface area contributed by atoms with E-state index in [2.05, 4.69) is 15.6 Å². The molecule has 0 saturated heterocycles. The van der Waals surface area contributed by atoms with Crippen LogP contribution in [0.5, 0.6) is 0 Å². The third-order valence-electron chi connectivity index (χ3n) is 2.65. The van der Waals surface area contributed by atoms with Crippen LogP contribution in [0.3, 0.4) is 0 Å². The number of hydrogen-bond acceptors (Lipinski definition) is 3. The van der Waals surface area contributed by atoms with Crippen LogP contribution in [0.15, 0.2) is 29.3 Å². The first kappa shape index (κ1) is 17.4. The van der Waals surface area contributed by atoms with Gasteiger partial charge in [0.25, 0.3) is 0 Å². The minimum Gasteiger partial charge on any atom is -0.382 e. The molecule has 5 nitrogen and oxygen atoms in total. The van der Waals surface area contributed by atoms with Crippen LogP contribution in [0.1, 0.15) is 12.5 Å². The summed E-state index contributed by atoms with van der Waals surface area (Å²) in [5.41, 5.74) is 0.963. The molecule has 0 aromatic heterocycles. The Labute approximate surface area is 125 Å². The lowest BCUT2D eigenvalue weighted by Gasteiger charge is -2.11. The van der Waals surface area contributed by atoms with Gasteiger partial charge in [0.2, 0.25) is 0 Å². The highest BCUT2D eigenvalue weighted by atomic mass is 19.1. The second-order valence-corrected chi connectivity index (χ2v) is 4.35. The molecule has 2 N–H and O–H groups in total. The number of methoxy groups -OCH3 is 1. The van der Waals surface area contributed by atoms with Gasteiger partial charge in [-0.15, -0.1) is 0 Å². The maximum absolute atomic E-state index is 12.8. The van der Waals surface area contributed by atoms with Crippen LogP contribution in [0, 0.1) is 5.82 Å². The first-order valence-corrected chi connectivity index (χ1v) is 7.09. The molecule has 0 unspecified atom stereocenters. The third-order valence-corrected chi connectivity index (χ3v) is 2.65. The van der Waals surface area contributed by atoms with Gasteiger partial charge >= 0.3 is 0 Å². The number of halogens is 1. The van der Waals surface area contributed by atoms with Gasteiger partial charge in [0.05, 0.1) is 26.4 Å². The summed E-state index contributed by atoms with van der Waals surface area (Å²) in [4.78, 5) is 4.44. The summed E-state index contributed by atoms with van der Waals surface area (Å²) >= 11 is 0. The van der Waals surface area contributed by atoms with Gasteiger partial charge in [-0.3, -0.25) is 0 Å². The molecule has 0 heterocycles. The molecular formula is C15H24FN3O2. The molecule has 0 spiro atoms. The molecule has 0 aliphatic carbocycles. The summed E-state index contributed by atoms with van der Waals surface area (Å²) in [6, 6.07) is 6.34. The molecule has 6 heteroatoms. The molecular weight excluding hydrogens is 273 g/mol. The van der Waals surface area contributed by atoms with E-state index < -0.39 is 0 Å². The van der Waals surface area contributed by atoms with Crippen molar-refractivity contribution in [3.8, 4) is 0 Å². The van der Waals surface area contributed by atoms with Crippen LogP contribution >= 0.6 is 0 Å². The van der Waals surface area contributed by atoms with E-state index in [0.29, 0.717) is 32.9 Å². The lowest BCUT2D eigenvalue weighted by molar-refractivity contribution is 0.0733. The molecule has 0 radical (unpaired) electrons. The Morgan fingerprint density at radius 1 is 1.14 bits per heavy atom. The fourth-order valence-corrected chi connectivity index (χ4v) is 1.59. The molecule has 1 aromatic rings. The van der Waals surface area contributed by atoms with Crippen molar-refractivity contribution in [2.24, 2.45) is 4.99 Å². The average Bonchev–Trinajstić information content (AvgIpc) is 2.49. The highest BCUT2D eigenvalue weighted by molar-refractivity contribution is 5.79. The number of aliphatic imine (C=N–C) groups is 1. The van der Waals surface area contributed by atoms with Crippen molar-refractivity contribution < 1.29 is 13.9 Å². The van der Waals surface area contributed by atoms with Crippen molar-refractivity contribution >= 4 is 5.96 Å². The van der Waals surface area contributed by atoms with Crippen LogP contribution in [-0.2, 0) is 16.0 Å². The van der Waals surface area contributed by atoms with Crippen molar-refractivity contribution in [2.45, 2.75) is 13.5 Å². The minimum atomic E-state index is -0.235. The van der Waals surface area contributed by atoms with Gasteiger partial charge in [-0.25, -0.2) is 9.38 Å². The Balaban J connectivity index is 2.33. The Morgan fingerprint density at radius 3 is 2.57 bits per heavy atom. The van der Waals surface area contributed by atoms with Gasteiger partial charge in [-0.2, -0.15) is 0 Å². The normalized spacial score (nSPS) is 11.5. The van der Waals surface area contributed by atoms with Crippen LogP contribution in [0.25, 0.3) is 0 Å². The van der Waals surface area contributed by atoms with Crippen LogP contribution in [-0.4, -0.2) is 46.0 Å². The Morgan fingerprint density at radius 2 is 1.90 bits per heavy atom. The molecule has 0 atom stereocenters. The summed E-state index contributed by atoms with van der Waals surface area (Å²) in [5.74, 6) is 0.484. The van der Waals surface area contributed by atoms with Crippen LogP contribution < -0.4 is 10.6 Å². The van der Waals surface area contributed by atoms with E-state index in [4.69, 9.17) is 9.47 Å². The maximum Gasteiger partial charge on any atom is 0.191 e. The van der Waals surface area contributed by atoms with Gasteiger partial charge < -0.3 is 20.1 Å². The fourth-order valence-electron chi connectivity index (χ4n) is 1.59. The maximum atomic E-state index is 12.8. The van der Waals surface area contributed by atoms with E-state index in [-0.39, 0.29) is 5.82 Å². The number of nitrogens with one attached hydrogen (secondary N) is 2. The molecule has 1 aromatic carbocycles. The standard InChI is InChI=1S/C15H24FN3O2/c1-3-17-15(18-8-9-21-11-10-20-2)19-12-13-4-6-14(16)7-5-13/h4-7H,3,8-12H2,1-2H3,(H2,17,18,19). The van der Waals surface area contributed by atoms with Gasteiger partial charge in [0.1, 0.15) is 5.82 Å². The summed E-state index contributed by atoms with van der Waals surface area (Å²) in [5, 5.41) is 6.33. The van der Waals surface area contributed by atoms with E-state index >= 15 is 0 Å². The number of nitrogens with zero attached hydrogens (tertiary/aromatic N) is 1. The van der Waals surface area contributed by atoms with Crippen molar-refractivity contribution in [3.63, 3.8) is 0 Å². The van der Waals surface area contributed by atoms with E-state index in [0.717, 1.165) is 18.1 Å². The lowest BCUT2D eigenvalue weighted by atomic mass is 10.2. The summed E-state index contributed by atoms with van der Waals surface area (Å²) < 4.78 is 23.1. The molecule has 118 valence electrons. The predicted molar refractivity (Wildman–Crippen MR) is 81.9 cm³/mol. The van der Waals surface area contributed by atoms with E-state index in [1.807, 2.05) is 6.92 Å². The summed E-state index contributed by atoms with van der Waals surface area (Å²) in [6.45, 7) is 5.72. The molecule has 0 aliphatic rings. The quantitative estimate of drug-likeness (QED) is 0.412. The molecule has 0 bridgehead atoms. The number of rotatable bonds is 9. The number of hydrogen-bond donors (Lipinski definition) is 2. The van der Waals surface area contributed by atoms with Crippen molar-refractivity contribution in [1.82, 2.24) is 10.6 Å². The highest BCUT2D eigenvalue weighted by Gasteiger charge is 1.98. The Bertz CT molecular complexity index is 410. The molecule has 0 saturated carbocycles. The van der Waals surface area contributed by atoms with Gasteiger partial charge in [-0.1, -0.05) is 12.1 Å². The van der Waals surface area contributed by atoms with E-state index in [9.17, 15) is 4.39 Å². The predicted octanol–water partition coefficient (Wildman–Crippen LogP) is 1.54. The monoisotopic (exact) mass is 297 g/mol. The van der Waals surface area contributed by atoms with E-state index in [1.165, 1.54) is 12.1 Å². The SMILES string of the molecule is CCNC(=NCc1ccc(F)cc1)NCCOCCOC. The molecule has 21 heavy (non-hydrogen) atoms. The first-order valence-electron chi connectivity index (χ1n) is 7.09. The zero-order valence-corrected chi connectivity index (χ0v) is 12.7. The minimum absolute atomic E-state index is 0.235. The lowest BCUT2D eigenvalue weighted by Crippen LogP contribution is -2.39. The van der Waals surface area contributed by atoms with Gasteiger partial charge in [0.15, 0.2) is 5.96 Å². The smallest absolute Gasteiger partial charge is 0.191 e. The van der Waals surface area contributed by atoms with Crippen molar-refractivity contribution in [3.05, 3.63) is 35.6 Å². The zero-order valence-electron chi connectivity index (χ0n) is 12.7. The van der Waals surface area contributed by atoms with Crippen molar-refractivity contribution in [2.75, 3.05) is 40.0 Å². The topological polar surface area (TPSA) is 54.9 Å². The van der Waals surface area contributed by atoms with Crippen LogP contribution in [0.2, 0.25) is 0 Å². The van der Waals surface area contributed by atoms with Gasteiger partial charge in [-0.05, 0) is 24.6 Å². The van der Waals surface area contributed by atoms with Crippen molar-refractivity contribution in [1.29, 1.82) is 0 Å². The second-order valence-electron chi connectivity index (χ2n) is 4.35. The average molecular weight is 297 g/mol. The largest absolute Gasteiger partial charge is 0.382 e. The molecule has 0 amide bonds. The number of ether oxygens (including phenoxy) is 2. The number of benzene rings is 1. The molecule has 1 rings (SSSR count). The molecule has 0 fully saturated rings. The Kier molecular flexibility index (Phi) is 9.15. The first-order chi connectivity index (χ1) is 10.3.